The van der Waals surface area contributed by atoms with Crippen molar-refractivity contribution in [1.82, 2.24) is 0 Å². The van der Waals surface area contributed by atoms with Crippen LogP contribution >= 0.6 is 27.3 Å². The monoisotopic (exact) mass is 443 g/mol. The summed E-state index contributed by atoms with van der Waals surface area (Å²) < 4.78 is 5.89. The minimum Gasteiger partial charge on any atom is -0.465 e. The number of anilines is 1. The first-order chi connectivity index (χ1) is 13.1. The molecule has 6 heteroatoms. The predicted molar refractivity (Wildman–Crippen MR) is 112 cm³/mol. The summed E-state index contributed by atoms with van der Waals surface area (Å²) in [4.78, 5) is 24.7. The van der Waals surface area contributed by atoms with Crippen molar-refractivity contribution >= 4 is 44.1 Å². The van der Waals surface area contributed by atoms with E-state index >= 15 is 0 Å². The van der Waals surface area contributed by atoms with Gasteiger partial charge >= 0.3 is 5.97 Å². The van der Waals surface area contributed by atoms with Crippen LogP contribution in [0, 0.1) is 0 Å². The number of nitrogens with one attached hydrogen (secondary N) is 1. The zero-order valence-corrected chi connectivity index (χ0v) is 17.1. The van der Waals surface area contributed by atoms with Crippen LogP contribution in [0.1, 0.15) is 22.3 Å². The molecule has 3 rings (SSSR count). The van der Waals surface area contributed by atoms with Gasteiger partial charge < -0.3 is 10.1 Å². The first-order valence-corrected chi connectivity index (χ1v) is 10.0. The molecule has 1 amide bonds. The lowest BCUT2D eigenvalue weighted by atomic mass is 10.0. The topological polar surface area (TPSA) is 55.4 Å². The van der Waals surface area contributed by atoms with Gasteiger partial charge in [0.2, 0.25) is 5.91 Å². The van der Waals surface area contributed by atoms with Crippen LogP contribution in [0.25, 0.3) is 11.1 Å². The Morgan fingerprint density at radius 1 is 1.07 bits per heavy atom. The van der Waals surface area contributed by atoms with Gasteiger partial charge in [-0.15, -0.1) is 11.3 Å². The molecule has 0 radical (unpaired) electrons. The number of carbonyl (C=O) groups excluding carboxylic acids is 2. The average Bonchev–Trinajstić information content (AvgIpc) is 3.10. The normalized spacial score (nSPS) is 10.4. The van der Waals surface area contributed by atoms with E-state index in [4.69, 9.17) is 4.74 Å². The minimum atomic E-state index is -0.465. The number of methoxy groups -OCH3 is 1. The lowest BCUT2D eigenvalue weighted by Crippen LogP contribution is -2.14. The van der Waals surface area contributed by atoms with Crippen LogP contribution in [0.2, 0.25) is 0 Å². The number of aryl methyl sites for hydroxylation is 1. The molecule has 0 saturated carbocycles. The number of carbonyl (C=O) groups is 2. The van der Waals surface area contributed by atoms with E-state index in [9.17, 15) is 9.59 Å². The lowest BCUT2D eigenvalue weighted by Gasteiger charge is -2.08. The highest BCUT2D eigenvalue weighted by molar-refractivity contribution is 9.10. The molecule has 1 heterocycles. The second-order valence-electron chi connectivity index (χ2n) is 5.89. The number of halogens is 1. The van der Waals surface area contributed by atoms with Crippen LogP contribution in [0.15, 0.2) is 64.5 Å². The molecular weight excluding hydrogens is 426 g/mol. The second kappa shape index (κ2) is 8.97. The minimum absolute atomic E-state index is 0.131. The maximum Gasteiger partial charge on any atom is 0.341 e. The van der Waals surface area contributed by atoms with E-state index in [-0.39, 0.29) is 5.91 Å². The standard InChI is InChI=1S/C21H18BrNO3S/c1-26-21(25)19-17(15-8-10-16(22)11-9-15)13-27-20(19)23-18(24)12-7-14-5-3-2-4-6-14/h2-6,8-11,13H,7,12H2,1H3,(H,23,24). The van der Waals surface area contributed by atoms with E-state index in [1.54, 1.807) is 0 Å². The predicted octanol–water partition coefficient (Wildman–Crippen LogP) is 5.54. The molecule has 3 aromatic rings. The van der Waals surface area contributed by atoms with E-state index in [0.717, 1.165) is 21.2 Å². The molecule has 0 saturated heterocycles. The fourth-order valence-electron chi connectivity index (χ4n) is 2.69. The van der Waals surface area contributed by atoms with Crippen LogP contribution < -0.4 is 5.32 Å². The largest absolute Gasteiger partial charge is 0.465 e. The van der Waals surface area contributed by atoms with Gasteiger partial charge in [0.1, 0.15) is 10.6 Å². The van der Waals surface area contributed by atoms with Crippen LogP contribution in [0.3, 0.4) is 0 Å². The molecule has 4 nitrogen and oxygen atoms in total. The summed E-state index contributed by atoms with van der Waals surface area (Å²) in [5, 5.41) is 5.24. The molecule has 138 valence electrons. The summed E-state index contributed by atoms with van der Waals surface area (Å²) in [5.41, 5.74) is 3.12. The van der Waals surface area contributed by atoms with Crippen molar-refractivity contribution < 1.29 is 14.3 Å². The Kier molecular flexibility index (Phi) is 6.42. The number of ether oxygens (including phenoxy) is 1. The zero-order chi connectivity index (χ0) is 19.2. The van der Waals surface area contributed by atoms with Crippen molar-refractivity contribution in [2.45, 2.75) is 12.8 Å². The third-order valence-corrected chi connectivity index (χ3v) is 5.50. The molecule has 0 fully saturated rings. The highest BCUT2D eigenvalue weighted by atomic mass is 79.9. The first-order valence-electron chi connectivity index (χ1n) is 8.38. The average molecular weight is 444 g/mol. The van der Waals surface area contributed by atoms with E-state index in [1.165, 1.54) is 18.4 Å². The molecule has 1 aromatic heterocycles. The van der Waals surface area contributed by atoms with Crippen molar-refractivity contribution in [1.29, 1.82) is 0 Å². The molecule has 0 aliphatic heterocycles. The third kappa shape index (κ3) is 4.84. The highest BCUT2D eigenvalue weighted by Gasteiger charge is 2.22. The van der Waals surface area contributed by atoms with Crippen molar-refractivity contribution in [3.8, 4) is 11.1 Å². The van der Waals surface area contributed by atoms with Gasteiger partial charge in [0.05, 0.1) is 7.11 Å². The van der Waals surface area contributed by atoms with Gasteiger partial charge in [-0.2, -0.15) is 0 Å². The lowest BCUT2D eigenvalue weighted by molar-refractivity contribution is -0.116. The highest BCUT2D eigenvalue weighted by Crippen LogP contribution is 2.36. The number of benzene rings is 2. The van der Waals surface area contributed by atoms with Gasteiger partial charge in [-0.1, -0.05) is 58.4 Å². The number of thiophene rings is 1. The Balaban J connectivity index is 1.79. The van der Waals surface area contributed by atoms with E-state index < -0.39 is 5.97 Å². The smallest absolute Gasteiger partial charge is 0.341 e. The quantitative estimate of drug-likeness (QED) is 0.509. The van der Waals surface area contributed by atoms with Crippen LogP contribution in [-0.4, -0.2) is 19.0 Å². The van der Waals surface area contributed by atoms with Gasteiger partial charge in [0, 0.05) is 21.8 Å². The van der Waals surface area contributed by atoms with Crippen molar-refractivity contribution in [2.75, 3.05) is 12.4 Å². The number of esters is 1. The van der Waals surface area contributed by atoms with Gasteiger partial charge in [-0.25, -0.2) is 4.79 Å². The van der Waals surface area contributed by atoms with Crippen molar-refractivity contribution in [3.05, 3.63) is 75.6 Å². The van der Waals surface area contributed by atoms with E-state index in [1.807, 2.05) is 60.0 Å². The molecular formula is C21H18BrNO3S. The molecule has 0 aliphatic rings. The Labute approximate surface area is 170 Å². The van der Waals surface area contributed by atoms with Gasteiger partial charge in [0.15, 0.2) is 0 Å². The zero-order valence-electron chi connectivity index (χ0n) is 14.7. The van der Waals surface area contributed by atoms with E-state index in [2.05, 4.69) is 21.2 Å². The maximum atomic E-state index is 12.4. The molecule has 0 aliphatic carbocycles. The molecule has 1 N–H and O–H groups in total. The first kappa shape index (κ1) is 19.3. The summed E-state index contributed by atoms with van der Waals surface area (Å²) in [6.07, 6.45) is 0.987. The molecule has 0 atom stereocenters. The Morgan fingerprint density at radius 3 is 2.44 bits per heavy atom. The van der Waals surface area contributed by atoms with Crippen molar-refractivity contribution in [2.24, 2.45) is 0 Å². The number of hydrogen-bond donors (Lipinski definition) is 1. The molecule has 27 heavy (non-hydrogen) atoms. The summed E-state index contributed by atoms with van der Waals surface area (Å²) in [7, 11) is 1.34. The maximum absolute atomic E-state index is 12.4. The van der Waals surface area contributed by atoms with Gasteiger partial charge in [-0.05, 0) is 29.7 Å². The summed E-state index contributed by atoms with van der Waals surface area (Å²) in [6.45, 7) is 0. The van der Waals surface area contributed by atoms with Gasteiger partial charge in [0.25, 0.3) is 0 Å². The molecule has 0 unspecified atom stereocenters. The number of amides is 1. The Bertz CT molecular complexity index is 936. The fourth-order valence-corrected chi connectivity index (χ4v) is 3.93. The Hall–Kier alpha value is -2.44. The molecule has 0 spiro atoms. The Morgan fingerprint density at radius 2 is 1.78 bits per heavy atom. The summed E-state index contributed by atoms with van der Waals surface area (Å²) >= 11 is 4.73. The third-order valence-electron chi connectivity index (χ3n) is 4.07. The second-order valence-corrected chi connectivity index (χ2v) is 7.68. The van der Waals surface area contributed by atoms with Crippen molar-refractivity contribution in [3.63, 3.8) is 0 Å². The summed E-state index contributed by atoms with van der Waals surface area (Å²) in [5.74, 6) is -0.597. The number of rotatable bonds is 6. The molecule has 2 aromatic carbocycles. The number of hydrogen-bond acceptors (Lipinski definition) is 4. The van der Waals surface area contributed by atoms with Crippen LogP contribution in [-0.2, 0) is 16.0 Å². The SMILES string of the molecule is COC(=O)c1c(-c2ccc(Br)cc2)csc1NC(=O)CCc1ccccc1. The summed E-state index contributed by atoms with van der Waals surface area (Å²) in [6, 6.07) is 17.5. The van der Waals surface area contributed by atoms with Crippen LogP contribution in [0.5, 0.6) is 0 Å². The van der Waals surface area contributed by atoms with Crippen LogP contribution in [0.4, 0.5) is 5.00 Å². The fraction of sp³-hybridized carbons (Fsp3) is 0.143. The molecule has 0 bridgehead atoms. The van der Waals surface area contributed by atoms with Gasteiger partial charge in [-0.3, -0.25) is 4.79 Å². The van der Waals surface area contributed by atoms with E-state index in [0.29, 0.717) is 23.4 Å².